The summed E-state index contributed by atoms with van der Waals surface area (Å²) in [5.74, 6) is 0.659. The van der Waals surface area contributed by atoms with Crippen LogP contribution in [0.5, 0.6) is 0 Å². The third kappa shape index (κ3) is 5.52. The van der Waals surface area contributed by atoms with Crippen molar-refractivity contribution in [2.75, 3.05) is 13.2 Å². The molecule has 2 aromatic rings. The van der Waals surface area contributed by atoms with Crippen LogP contribution in [0.4, 0.5) is 4.79 Å². The van der Waals surface area contributed by atoms with Gasteiger partial charge < -0.3 is 24.9 Å². The Bertz CT molecular complexity index is 1340. The fourth-order valence-electron chi connectivity index (χ4n) is 6.10. The number of nitrogens with one attached hydrogen (secondary N) is 3. The molecule has 4 N–H and O–H groups in total. The molecule has 224 valence electrons. The van der Waals surface area contributed by atoms with Gasteiger partial charge in [-0.15, -0.1) is 0 Å². The van der Waals surface area contributed by atoms with Crippen LogP contribution < -0.4 is 26.3 Å². The Hall–Kier alpha value is -2.73. The molecule has 0 saturated carbocycles. The number of guanidine groups is 1. The van der Waals surface area contributed by atoms with E-state index in [0.717, 1.165) is 10.4 Å². The topological polar surface area (TPSA) is 107 Å². The lowest BCUT2D eigenvalue weighted by molar-refractivity contribution is 0.0254. The number of benzene rings is 2. The first-order valence-electron chi connectivity index (χ1n) is 13.5. The Labute approximate surface area is 261 Å². The highest BCUT2D eigenvalue weighted by molar-refractivity contribution is 6.99. The maximum absolute atomic E-state index is 12.7. The van der Waals surface area contributed by atoms with E-state index in [0.29, 0.717) is 5.82 Å². The van der Waals surface area contributed by atoms with Crippen LogP contribution in [0.25, 0.3) is 0 Å². The standard InChI is InChI=1S/C29H34Cl3N5O4Si/c1-19-33-24-22(17-41-42(27(2,3)4,20-11-7-5-8-12-20)21-13-9-6-10-14-21)34-25(35-26(39)40-18-28(30,31)32)37-16-15-23(38)29(24,37)36-19/h5-16,22-24,33,36,38H,1,17-18H2,2-4H3,(H,34,35,39)/t22-,23?,24-,29?/m0/s1. The van der Waals surface area contributed by atoms with Gasteiger partial charge in [-0.3, -0.25) is 10.2 Å². The Morgan fingerprint density at radius 3 is 2.26 bits per heavy atom. The van der Waals surface area contributed by atoms with Gasteiger partial charge in [-0.05, 0) is 21.5 Å². The molecule has 1 amide bonds. The van der Waals surface area contributed by atoms with Gasteiger partial charge in [0.15, 0.2) is 5.66 Å². The Balaban J connectivity index is 1.54. The summed E-state index contributed by atoms with van der Waals surface area (Å²) in [5, 5.41) is 22.5. The van der Waals surface area contributed by atoms with Crippen LogP contribution in [0.3, 0.4) is 0 Å². The van der Waals surface area contributed by atoms with E-state index in [2.05, 4.69) is 67.6 Å². The third-order valence-electron chi connectivity index (χ3n) is 7.79. The number of alkyl carbamates (subject to hydrolysis) is 1. The minimum Gasteiger partial charge on any atom is -0.445 e. The Morgan fingerprint density at radius 2 is 1.71 bits per heavy atom. The van der Waals surface area contributed by atoms with E-state index in [9.17, 15) is 9.90 Å². The average Bonchev–Trinajstić information content (AvgIpc) is 3.46. The summed E-state index contributed by atoms with van der Waals surface area (Å²) >= 11 is 17.3. The predicted octanol–water partition coefficient (Wildman–Crippen LogP) is 3.32. The molecule has 13 heteroatoms. The number of carbonyl (C=O) groups excluding carboxylic acids is 1. The highest BCUT2D eigenvalue weighted by Crippen LogP contribution is 2.41. The second-order valence-electron chi connectivity index (χ2n) is 11.5. The number of amides is 1. The van der Waals surface area contributed by atoms with Gasteiger partial charge in [0.2, 0.25) is 9.75 Å². The molecule has 1 fully saturated rings. The largest absolute Gasteiger partial charge is 0.445 e. The van der Waals surface area contributed by atoms with Gasteiger partial charge in [0, 0.05) is 6.20 Å². The van der Waals surface area contributed by atoms with Gasteiger partial charge in [-0.25, -0.2) is 9.79 Å². The smallest absolute Gasteiger partial charge is 0.414 e. The molecule has 3 aliphatic rings. The zero-order chi connectivity index (χ0) is 30.3. The van der Waals surface area contributed by atoms with Crippen molar-refractivity contribution in [1.82, 2.24) is 20.9 Å². The quantitative estimate of drug-likeness (QED) is 0.281. The fourth-order valence-corrected chi connectivity index (χ4v) is 10.8. The number of ether oxygens (including phenoxy) is 1. The normalized spacial score (nSPS) is 25.2. The lowest BCUT2D eigenvalue weighted by Crippen LogP contribution is -2.73. The van der Waals surface area contributed by atoms with Crippen molar-refractivity contribution in [2.24, 2.45) is 4.99 Å². The zero-order valence-electron chi connectivity index (χ0n) is 23.5. The van der Waals surface area contributed by atoms with E-state index in [-0.39, 0.29) is 17.6 Å². The van der Waals surface area contributed by atoms with E-state index in [1.54, 1.807) is 17.2 Å². The van der Waals surface area contributed by atoms with E-state index >= 15 is 0 Å². The summed E-state index contributed by atoms with van der Waals surface area (Å²) in [5.41, 5.74) is -1.11. The van der Waals surface area contributed by atoms with Gasteiger partial charge in [0.25, 0.3) is 8.32 Å². The van der Waals surface area contributed by atoms with Gasteiger partial charge in [-0.1, -0.05) is 123 Å². The first-order valence-corrected chi connectivity index (χ1v) is 16.5. The maximum Gasteiger partial charge on any atom is 0.414 e. The maximum atomic E-state index is 12.7. The highest BCUT2D eigenvalue weighted by Gasteiger charge is 2.62. The van der Waals surface area contributed by atoms with Crippen LogP contribution in [-0.4, -0.2) is 71.2 Å². The first-order chi connectivity index (χ1) is 19.8. The summed E-state index contributed by atoms with van der Waals surface area (Å²) in [6, 6.07) is 19.5. The number of carbonyl (C=O) groups is 1. The molecular formula is C29H34Cl3N5O4Si. The predicted molar refractivity (Wildman–Crippen MR) is 168 cm³/mol. The number of hydrogen-bond donors (Lipinski definition) is 4. The van der Waals surface area contributed by atoms with Crippen LogP contribution in [0, 0.1) is 0 Å². The van der Waals surface area contributed by atoms with E-state index < -0.39 is 48.7 Å². The molecule has 0 aliphatic carbocycles. The SMILES string of the molecule is C=C1N[C@H]2[C@H](CO[Si](c3ccccc3)(c3ccccc3)C(C)(C)C)N=C(NC(=O)OCC(Cl)(Cl)Cl)N3C=CC(O)C23N1. The molecule has 2 unspecified atom stereocenters. The minimum atomic E-state index is -2.92. The second-order valence-corrected chi connectivity index (χ2v) is 18.3. The van der Waals surface area contributed by atoms with Crippen molar-refractivity contribution >= 4 is 65.5 Å². The Kier molecular flexibility index (Phi) is 8.34. The number of aliphatic imine (C=N–C) groups is 1. The first kappa shape index (κ1) is 30.7. The van der Waals surface area contributed by atoms with Crippen molar-refractivity contribution in [3.05, 3.63) is 85.3 Å². The molecule has 42 heavy (non-hydrogen) atoms. The number of aliphatic hydroxyl groups is 1. The number of halogens is 3. The van der Waals surface area contributed by atoms with Crippen LogP contribution >= 0.6 is 34.8 Å². The van der Waals surface area contributed by atoms with Crippen molar-refractivity contribution in [3.8, 4) is 0 Å². The summed E-state index contributed by atoms with van der Waals surface area (Å²) < 4.78 is 10.5. The molecule has 0 radical (unpaired) electrons. The van der Waals surface area contributed by atoms with E-state index in [1.165, 1.54) is 0 Å². The summed E-state index contributed by atoms with van der Waals surface area (Å²) in [4.78, 5) is 19.3. The Morgan fingerprint density at radius 1 is 1.12 bits per heavy atom. The summed E-state index contributed by atoms with van der Waals surface area (Å²) in [6.45, 7) is 10.4. The lowest BCUT2D eigenvalue weighted by Gasteiger charge is -2.48. The molecule has 5 rings (SSSR count). The zero-order valence-corrected chi connectivity index (χ0v) is 26.7. The molecule has 1 spiro atoms. The lowest BCUT2D eigenvalue weighted by atomic mass is 9.89. The number of rotatable bonds is 6. The van der Waals surface area contributed by atoms with E-state index in [1.807, 2.05) is 36.4 Å². The number of aliphatic hydroxyl groups excluding tert-OH is 1. The molecule has 0 bridgehead atoms. The molecular weight excluding hydrogens is 617 g/mol. The molecule has 1 saturated heterocycles. The van der Waals surface area contributed by atoms with E-state index in [4.69, 9.17) is 49.0 Å². The van der Waals surface area contributed by atoms with Crippen molar-refractivity contribution in [1.29, 1.82) is 0 Å². The van der Waals surface area contributed by atoms with Crippen LogP contribution in [0.1, 0.15) is 20.8 Å². The van der Waals surface area contributed by atoms with Crippen LogP contribution in [0.2, 0.25) is 5.04 Å². The molecule has 9 nitrogen and oxygen atoms in total. The number of hydrogen-bond acceptors (Lipinski definition) is 8. The van der Waals surface area contributed by atoms with Gasteiger partial charge >= 0.3 is 6.09 Å². The van der Waals surface area contributed by atoms with Gasteiger partial charge in [-0.2, -0.15) is 0 Å². The van der Waals surface area contributed by atoms with Gasteiger partial charge in [0.1, 0.15) is 18.8 Å². The summed E-state index contributed by atoms with van der Waals surface area (Å²) in [7, 11) is -2.92. The minimum absolute atomic E-state index is 0.147. The number of alkyl halides is 3. The van der Waals surface area contributed by atoms with Gasteiger partial charge in [0.05, 0.1) is 18.5 Å². The molecule has 0 aromatic heterocycles. The molecule has 4 atom stereocenters. The second kappa shape index (κ2) is 11.4. The average molecular weight is 651 g/mol. The van der Waals surface area contributed by atoms with Crippen LogP contribution in [0.15, 0.2) is 90.3 Å². The van der Waals surface area contributed by atoms with Crippen LogP contribution in [-0.2, 0) is 9.16 Å². The van der Waals surface area contributed by atoms with Crippen molar-refractivity contribution in [2.45, 2.75) is 53.5 Å². The third-order valence-corrected chi connectivity index (χ3v) is 13.1. The highest BCUT2D eigenvalue weighted by atomic mass is 35.6. The molecule has 3 aliphatic heterocycles. The molecule has 3 heterocycles. The van der Waals surface area contributed by atoms with Crippen molar-refractivity contribution in [3.63, 3.8) is 0 Å². The summed E-state index contributed by atoms with van der Waals surface area (Å²) in [6.07, 6.45) is 1.45. The fraction of sp³-hybridized carbons (Fsp3) is 0.379. The van der Waals surface area contributed by atoms with Crippen molar-refractivity contribution < 1.29 is 19.1 Å². The monoisotopic (exact) mass is 649 g/mol. The number of nitrogens with zero attached hydrogens (tertiary/aromatic N) is 2. The molecule has 2 aromatic carbocycles.